The van der Waals surface area contributed by atoms with Crippen molar-refractivity contribution in [3.8, 4) is 0 Å². The van der Waals surface area contributed by atoms with Crippen molar-refractivity contribution in [1.82, 2.24) is 19.5 Å². The molecule has 1 aliphatic rings. The molecular weight excluding hydrogens is 234 g/mol. The van der Waals surface area contributed by atoms with Crippen LogP contribution in [0, 0.1) is 0 Å². The number of anilines is 1. The number of hydrogen-bond donors (Lipinski definition) is 1. The largest absolute Gasteiger partial charge is 0.382 e. The van der Waals surface area contributed by atoms with Gasteiger partial charge in [0.2, 0.25) is 0 Å². The van der Waals surface area contributed by atoms with Crippen LogP contribution >= 0.6 is 0 Å². The van der Waals surface area contributed by atoms with Gasteiger partial charge in [0.15, 0.2) is 17.8 Å². The minimum Gasteiger partial charge on any atom is -0.382 e. The van der Waals surface area contributed by atoms with Crippen molar-refractivity contribution in [2.24, 2.45) is 0 Å². The number of hydrogen-bond acceptors (Lipinski definition) is 6. The van der Waals surface area contributed by atoms with E-state index in [0.717, 1.165) is 38.2 Å². The molecule has 0 saturated carbocycles. The molecule has 0 aliphatic carbocycles. The van der Waals surface area contributed by atoms with Gasteiger partial charge in [0.1, 0.15) is 11.8 Å². The summed E-state index contributed by atoms with van der Waals surface area (Å²) in [6, 6.07) is 0. The van der Waals surface area contributed by atoms with E-state index >= 15 is 0 Å². The maximum Gasteiger partial charge on any atom is 0.165 e. The number of nitrogens with two attached hydrogens (primary N) is 1. The van der Waals surface area contributed by atoms with Crippen LogP contribution in [0.3, 0.4) is 0 Å². The fourth-order valence-electron chi connectivity index (χ4n) is 2.01. The minimum atomic E-state index is -0.129. The highest BCUT2D eigenvalue weighted by Crippen LogP contribution is 2.16. The highest BCUT2D eigenvalue weighted by molar-refractivity contribution is 5.80. The number of aromatic nitrogens is 4. The maximum atomic E-state index is 5.73. The molecule has 18 heavy (non-hydrogen) atoms. The van der Waals surface area contributed by atoms with E-state index in [1.807, 2.05) is 4.57 Å². The lowest BCUT2D eigenvalue weighted by Crippen LogP contribution is -2.26. The van der Waals surface area contributed by atoms with Gasteiger partial charge in [-0.15, -0.1) is 0 Å². The minimum absolute atomic E-state index is 0.129. The Balaban J connectivity index is 1.72. The van der Waals surface area contributed by atoms with E-state index in [1.165, 1.54) is 6.33 Å². The van der Waals surface area contributed by atoms with E-state index in [9.17, 15) is 0 Å². The molecule has 0 amide bonds. The molecule has 1 aliphatic heterocycles. The Morgan fingerprint density at radius 2 is 2.11 bits per heavy atom. The summed E-state index contributed by atoms with van der Waals surface area (Å²) in [7, 11) is 0. The van der Waals surface area contributed by atoms with Crippen LogP contribution in [-0.4, -0.2) is 39.0 Å². The van der Waals surface area contributed by atoms with Crippen LogP contribution in [0.5, 0.6) is 0 Å². The number of nitrogen functional groups attached to an aromatic ring is 1. The van der Waals surface area contributed by atoms with Gasteiger partial charge in [-0.3, -0.25) is 0 Å². The number of aryl methyl sites for hydroxylation is 1. The SMILES string of the molecule is Nc1ncnc2c1ncn2CCC1OCCCO1. The molecule has 7 heteroatoms. The van der Waals surface area contributed by atoms with Gasteiger partial charge in [0.25, 0.3) is 0 Å². The summed E-state index contributed by atoms with van der Waals surface area (Å²) >= 11 is 0. The first-order valence-electron chi connectivity index (χ1n) is 5.99. The number of rotatable bonds is 3. The zero-order valence-corrected chi connectivity index (χ0v) is 9.95. The molecule has 1 fully saturated rings. The lowest BCUT2D eigenvalue weighted by atomic mass is 10.3. The van der Waals surface area contributed by atoms with Crippen molar-refractivity contribution in [3.05, 3.63) is 12.7 Å². The zero-order valence-electron chi connectivity index (χ0n) is 9.95. The van der Waals surface area contributed by atoms with Crippen molar-refractivity contribution >= 4 is 17.0 Å². The molecule has 3 rings (SSSR count). The van der Waals surface area contributed by atoms with E-state index in [0.29, 0.717) is 11.3 Å². The Hall–Kier alpha value is -1.73. The fraction of sp³-hybridized carbons (Fsp3) is 0.545. The molecule has 3 heterocycles. The molecule has 2 aromatic heterocycles. The average molecular weight is 249 g/mol. The second-order valence-corrected chi connectivity index (χ2v) is 4.18. The Morgan fingerprint density at radius 3 is 2.94 bits per heavy atom. The Morgan fingerprint density at radius 1 is 1.28 bits per heavy atom. The normalized spacial score (nSPS) is 17.3. The standard InChI is InChI=1S/C11H15N5O2/c12-10-9-11(14-6-13-10)16(7-15-9)3-2-8-17-4-1-5-18-8/h6-8H,1-5H2,(H2,12,13,14). The summed E-state index contributed by atoms with van der Waals surface area (Å²) in [6.45, 7) is 2.27. The molecule has 0 radical (unpaired) electrons. The summed E-state index contributed by atoms with van der Waals surface area (Å²) in [4.78, 5) is 12.3. The van der Waals surface area contributed by atoms with Gasteiger partial charge in [0.05, 0.1) is 19.5 Å². The molecule has 7 nitrogen and oxygen atoms in total. The predicted octanol–water partition coefficient (Wildman–Crippen LogP) is 0.562. The van der Waals surface area contributed by atoms with Gasteiger partial charge in [-0.1, -0.05) is 0 Å². The summed E-state index contributed by atoms with van der Waals surface area (Å²) < 4.78 is 12.9. The van der Waals surface area contributed by atoms with Crippen LogP contribution in [-0.2, 0) is 16.0 Å². The Kier molecular flexibility index (Phi) is 3.07. The molecule has 0 bridgehead atoms. The van der Waals surface area contributed by atoms with E-state index in [4.69, 9.17) is 15.2 Å². The summed E-state index contributed by atoms with van der Waals surface area (Å²) in [5.74, 6) is 0.406. The highest BCUT2D eigenvalue weighted by Gasteiger charge is 2.15. The van der Waals surface area contributed by atoms with Gasteiger partial charge in [-0.25, -0.2) is 15.0 Å². The Labute approximate surface area is 104 Å². The smallest absolute Gasteiger partial charge is 0.165 e. The third kappa shape index (κ3) is 2.14. The molecule has 0 aromatic carbocycles. The summed E-state index contributed by atoms with van der Waals surface area (Å²) in [5, 5.41) is 0. The summed E-state index contributed by atoms with van der Waals surface area (Å²) in [5.41, 5.74) is 7.12. The molecule has 2 N–H and O–H groups in total. The summed E-state index contributed by atoms with van der Waals surface area (Å²) in [6.07, 6.45) is 4.78. The predicted molar refractivity (Wildman–Crippen MR) is 64.7 cm³/mol. The van der Waals surface area contributed by atoms with Crippen molar-refractivity contribution in [1.29, 1.82) is 0 Å². The monoisotopic (exact) mass is 249 g/mol. The van der Waals surface area contributed by atoms with Crippen molar-refractivity contribution in [2.45, 2.75) is 25.7 Å². The molecule has 1 saturated heterocycles. The van der Waals surface area contributed by atoms with E-state index in [1.54, 1.807) is 6.33 Å². The lowest BCUT2D eigenvalue weighted by Gasteiger charge is -2.23. The van der Waals surface area contributed by atoms with Gasteiger partial charge < -0.3 is 19.8 Å². The zero-order chi connectivity index (χ0) is 12.4. The molecule has 2 aromatic rings. The first-order chi connectivity index (χ1) is 8.84. The molecule has 0 atom stereocenters. The molecular formula is C11H15N5O2. The van der Waals surface area contributed by atoms with Crippen LogP contribution in [0.2, 0.25) is 0 Å². The number of nitrogens with zero attached hydrogens (tertiary/aromatic N) is 4. The lowest BCUT2D eigenvalue weighted by molar-refractivity contribution is -0.182. The average Bonchev–Trinajstić information content (AvgIpc) is 2.82. The van der Waals surface area contributed by atoms with Crippen molar-refractivity contribution in [3.63, 3.8) is 0 Å². The second-order valence-electron chi connectivity index (χ2n) is 4.18. The quantitative estimate of drug-likeness (QED) is 0.855. The van der Waals surface area contributed by atoms with Crippen LogP contribution < -0.4 is 5.73 Å². The van der Waals surface area contributed by atoms with Crippen LogP contribution in [0.25, 0.3) is 11.2 Å². The first kappa shape index (κ1) is 11.4. The molecule has 0 spiro atoms. The van der Waals surface area contributed by atoms with Gasteiger partial charge >= 0.3 is 0 Å². The van der Waals surface area contributed by atoms with Gasteiger partial charge in [-0.2, -0.15) is 0 Å². The Bertz CT molecular complexity index is 535. The fourth-order valence-corrected chi connectivity index (χ4v) is 2.01. The van der Waals surface area contributed by atoms with Gasteiger partial charge in [-0.05, 0) is 6.42 Å². The number of imidazole rings is 1. The first-order valence-corrected chi connectivity index (χ1v) is 5.99. The maximum absolute atomic E-state index is 5.73. The van der Waals surface area contributed by atoms with Crippen molar-refractivity contribution in [2.75, 3.05) is 18.9 Å². The van der Waals surface area contributed by atoms with Crippen LogP contribution in [0.4, 0.5) is 5.82 Å². The molecule has 0 unspecified atom stereocenters. The van der Waals surface area contributed by atoms with E-state index < -0.39 is 0 Å². The second kappa shape index (κ2) is 4.87. The third-order valence-electron chi connectivity index (χ3n) is 2.93. The third-order valence-corrected chi connectivity index (χ3v) is 2.93. The molecule has 96 valence electrons. The van der Waals surface area contributed by atoms with Crippen LogP contribution in [0.15, 0.2) is 12.7 Å². The van der Waals surface area contributed by atoms with Crippen molar-refractivity contribution < 1.29 is 9.47 Å². The van der Waals surface area contributed by atoms with Crippen LogP contribution in [0.1, 0.15) is 12.8 Å². The highest BCUT2D eigenvalue weighted by atomic mass is 16.7. The number of fused-ring (bicyclic) bond motifs is 1. The van der Waals surface area contributed by atoms with E-state index in [-0.39, 0.29) is 6.29 Å². The van der Waals surface area contributed by atoms with E-state index in [2.05, 4.69) is 15.0 Å². The van der Waals surface area contributed by atoms with Gasteiger partial charge in [0, 0.05) is 13.0 Å². The topological polar surface area (TPSA) is 88.1 Å². The number of ether oxygens (including phenoxy) is 2.